The molecule has 0 saturated carbocycles. The van der Waals surface area contributed by atoms with Crippen LogP contribution in [0.25, 0.3) is 0 Å². The molecule has 0 aliphatic heterocycles. The molecule has 1 aromatic heterocycles. The van der Waals surface area contributed by atoms with Gasteiger partial charge in [-0.25, -0.2) is 4.79 Å². The number of likely N-dealkylation sites (N-methyl/N-ethyl adjacent to an activating group) is 1. The Hall–Kier alpha value is -1.85. The molecule has 0 fully saturated rings. The lowest BCUT2D eigenvalue weighted by atomic mass is 10.0. The maximum atomic E-state index is 12.2. The number of hydrogen-bond acceptors (Lipinski definition) is 3. The molecule has 0 saturated heterocycles. The van der Waals surface area contributed by atoms with E-state index >= 15 is 0 Å². The summed E-state index contributed by atoms with van der Waals surface area (Å²) in [4.78, 5) is 14.9. The van der Waals surface area contributed by atoms with Crippen molar-refractivity contribution >= 4 is 17.4 Å². The fourth-order valence-corrected chi connectivity index (χ4v) is 3.29. The van der Waals surface area contributed by atoms with Gasteiger partial charge in [0.05, 0.1) is 12.6 Å². The van der Waals surface area contributed by atoms with Crippen LogP contribution in [0.3, 0.4) is 0 Å². The van der Waals surface area contributed by atoms with Crippen LogP contribution in [0.5, 0.6) is 0 Å². The number of rotatable bonds is 6. The van der Waals surface area contributed by atoms with E-state index in [1.54, 1.807) is 18.4 Å². The Balaban J connectivity index is 2.15. The lowest BCUT2D eigenvalue weighted by Gasteiger charge is -2.23. The summed E-state index contributed by atoms with van der Waals surface area (Å²) in [6.45, 7) is 2.35. The van der Waals surface area contributed by atoms with E-state index in [4.69, 9.17) is 5.11 Å². The normalized spacial score (nSPS) is 12.0. The molecule has 4 nitrogen and oxygen atoms in total. The maximum absolute atomic E-state index is 12.2. The molecular weight excluding hydrogens is 296 g/mol. The molecule has 0 radical (unpaired) electrons. The Morgan fingerprint density at radius 3 is 2.64 bits per heavy atom. The Labute approximate surface area is 135 Å². The largest absolute Gasteiger partial charge is 0.395 e. The molecular formula is C17H22N2O2S. The number of carbonyl (C=O) groups excluding carboxylic acids is 1. The van der Waals surface area contributed by atoms with Gasteiger partial charge in [-0.05, 0) is 35.9 Å². The van der Waals surface area contributed by atoms with Crippen LogP contribution in [0, 0.1) is 6.92 Å². The monoisotopic (exact) mass is 318 g/mol. The predicted molar refractivity (Wildman–Crippen MR) is 90.2 cm³/mol. The number of aliphatic hydroxyl groups excluding tert-OH is 1. The Morgan fingerprint density at radius 1 is 1.32 bits per heavy atom. The van der Waals surface area contributed by atoms with E-state index in [-0.39, 0.29) is 18.7 Å². The van der Waals surface area contributed by atoms with Crippen LogP contribution in [0.1, 0.15) is 22.0 Å². The zero-order chi connectivity index (χ0) is 15.9. The van der Waals surface area contributed by atoms with E-state index in [2.05, 4.69) is 30.4 Å². The molecule has 0 spiro atoms. The third kappa shape index (κ3) is 4.32. The van der Waals surface area contributed by atoms with Gasteiger partial charge >= 0.3 is 6.03 Å². The Bertz CT molecular complexity index is 598. The first-order valence-corrected chi connectivity index (χ1v) is 8.20. The third-order valence-corrected chi connectivity index (χ3v) is 4.71. The highest BCUT2D eigenvalue weighted by Gasteiger charge is 2.20. The van der Waals surface area contributed by atoms with Crippen molar-refractivity contribution in [1.82, 2.24) is 10.2 Å². The summed E-state index contributed by atoms with van der Waals surface area (Å²) in [5.74, 6) is 0. The van der Waals surface area contributed by atoms with Crippen molar-refractivity contribution in [1.29, 1.82) is 0 Å². The molecule has 2 aromatic rings. The predicted octanol–water partition coefficient (Wildman–Crippen LogP) is 2.97. The summed E-state index contributed by atoms with van der Waals surface area (Å²) in [6, 6.07) is 12.0. The second-order valence-electron chi connectivity index (χ2n) is 5.30. The van der Waals surface area contributed by atoms with Crippen molar-refractivity contribution in [3.8, 4) is 0 Å². The first-order valence-electron chi connectivity index (χ1n) is 7.32. The molecule has 1 atom stereocenters. The minimum atomic E-state index is -0.164. The summed E-state index contributed by atoms with van der Waals surface area (Å²) in [5, 5.41) is 14.1. The number of carbonyl (C=O) groups is 1. The van der Waals surface area contributed by atoms with Gasteiger partial charge in [0.1, 0.15) is 0 Å². The highest BCUT2D eigenvalue weighted by atomic mass is 32.1. The summed E-state index contributed by atoms with van der Waals surface area (Å²) in [6.07, 6.45) is 0.751. The second kappa shape index (κ2) is 7.96. The Morgan fingerprint density at radius 2 is 2.05 bits per heavy atom. The smallest absolute Gasteiger partial charge is 0.317 e. The van der Waals surface area contributed by atoms with Gasteiger partial charge in [0, 0.05) is 18.5 Å². The summed E-state index contributed by atoms with van der Waals surface area (Å²) in [5.41, 5.74) is 2.38. The number of benzene rings is 1. The number of nitrogens with zero attached hydrogens (tertiary/aromatic N) is 1. The quantitative estimate of drug-likeness (QED) is 0.860. The van der Waals surface area contributed by atoms with Gasteiger partial charge in [-0.1, -0.05) is 30.3 Å². The molecule has 5 heteroatoms. The fourth-order valence-electron chi connectivity index (χ4n) is 2.31. The zero-order valence-corrected chi connectivity index (χ0v) is 13.8. The lowest BCUT2D eigenvalue weighted by molar-refractivity contribution is 0.187. The van der Waals surface area contributed by atoms with Gasteiger partial charge in [-0.15, -0.1) is 11.3 Å². The number of nitrogens with one attached hydrogen (secondary N) is 1. The van der Waals surface area contributed by atoms with Crippen LogP contribution < -0.4 is 5.32 Å². The van der Waals surface area contributed by atoms with Crippen molar-refractivity contribution in [2.24, 2.45) is 0 Å². The first-order chi connectivity index (χ1) is 10.6. The van der Waals surface area contributed by atoms with Crippen LogP contribution >= 0.6 is 11.3 Å². The van der Waals surface area contributed by atoms with Crippen molar-refractivity contribution in [2.45, 2.75) is 19.4 Å². The van der Waals surface area contributed by atoms with E-state index in [9.17, 15) is 4.79 Å². The van der Waals surface area contributed by atoms with Gasteiger partial charge in [0.25, 0.3) is 0 Å². The molecule has 1 heterocycles. The molecule has 0 aliphatic carbocycles. The van der Waals surface area contributed by atoms with Crippen LogP contribution in [-0.4, -0.2) is 36.2 Å². The molecule has 1 aromatic carbocycles. The van der Waals surface area contributed by atoms with Crippen LogP contribution in [0.4, 0.5) is 4.79 Å². The molecule has 118 valence electrons. The molecule has 22 heavy (non-hydrogen) atoms. The van der Waals surface area contributed by atoms with Gasteiger partial charge < -0.3 is 15.3 Å². The second-order valence-corrected chi connectivity index (χ2v) is 6.25. The topological polar surface area (TPSA) is 52.6 Å². The van der Waals surface area contributed by atoms with Crippen molar-refractivity contribution in [3.05, 3.63) is 57.8 Å². The minimum absolute atomic E-state index is 0.0364. The summed E-state index contributed by atoms with van der Waals surface area (Å²) >= 11 is 1.66. The zero-order valence-electron chi connectivity index (χ0n) is 13.0. The standard InChI is InChI=1S/C17H22N2O2S/c1-13-8-11-22-16(13)15(12-14-6-4-3-5-7-14)18-17(21)19(2)9-10-20/h3-8,11,15,20H,9-10,12H2,1-2H3,(H,18,21). The van der Waals surface area contributed by atoms with Crippen LogP contribution in [0.15, 0.2) is 41.8 Å². The van der Waals surface area contributed by atoms with Crippen molar-refractivity contribution < 1.29 is 9.90 Å². The number of thiophene rings is 1. The van der Waals surface area contributed by atoms with E-state index in [1.165, 1.54) is 20.9 Å². The van der Waals surface area contributed by atoms with Crippen molar-refractivity contribution in [3.63, 3.8) is 0 Å². The highest BCUT2D eigenvalue weighted by molar-refractivity contribution is 7.10. The molecule has 0 bridgehead atoms. The average molecular weight is 318 g/mol. The lowest BCUT2D eigenvalue weighted by Crippen LogP contribution is -2.41. The number of aliphatic hydroxyl groups is 1. The minimum Gasteiger partial charge on any atom is -0.395 e. The number of aryl methyl sites for hydroxylation is 1. The molecule has 2 rings (SSSR count). The first kappa shape index (κ1) is 16.5. The average Bonchev–Trinajstić information content (AvgIpc) is 2.94. The molecule has 2 N–H and O–H groups in total. The van der Waals surface area contributed by atoms with Gasteiger partial charge in [-0.3, -0.25) is 0 Å². The van der Waals surface area contributed by atoms with E-state index in [0.717, 1.165) is 6.42 Å². The molecule has 0 aliphatic rings. The van der Waals surface area contributed by atoms with Crippen molar-refractivity contribution in [2.75, 3.05) is 20.2 Å². The fraction of sp³-hybridized carbons (Fsp3) is 0.353. The number of hydrogen-bond donors (Lipinski definition) is 2. The van der Waals surface area contributed by atoms with Gasteiger partial charge in [-0.2, -0.15) is 0 Å². The maximum Gasteiger partial charge on any atom is 0.317 e. The Kier molecular flexibility index (Phi) is 5.98. The molecule has 2 amide bonds. The highest BCUT2D eigenvalue weighted by Crippen LogP contribution is 2.27. The van der Waals surface area contributed by atoms with E-state index < -0.39 is 0 Å². The SMILES string of the molecule is Cc1ccsc1C(Cc1ccccc1)NC(=O)N(C)CCO. The number of urea groups is 1. The van der Waals surface area contributed by atoms with Gasteiger partial charge in [0.15, 0.2) is 0 Å². The van der Waals surface area contributed by atoms with E-state index in [0.29, 0.717) is 6.54 Å². The summed E-state index contributed by atoms with van der Waals surface area (Å²) in [7, 11) is 1.69. The van der Waals surface area contributed by atoms with Crippen LogP contribution in [-0.2, 0) is 6.42 Å². The number of amides is 2. The third-order valence-electron chi connectivity index (χ3n) is 3.58. The molecule has 1 unspecified atom stereocenters. The van der Waals surface area contributed by atoms with Gasteiger partial charge in [0.2, 0.25) is 0 Å². The van der Waals surface area contributed by atoms with E-state index in [1.807, 2.05) is 23.6 Å². The summed E-state index contributed by atoms with van der Waals surface area (Å²) < 4.78 is 0. The van der Waals surface area contributed by atoms with Crippen LogP contribution in [0.2, 0.25) is 0 Å².